The summed E-state index contributed by atoms with van der Waals surface area (Å²) in [4.78, 5) is 30.7. The lowest BCUT2D eigenvalue weighted by Crippen LogP contribution is -2.24. The smallest absolute Gasteiger partial charge is 0.280 e. The largest absolute Gasteiger partial charge is 0.481 e. The zero-order valence-electron chi connectivity index (χ0n) is 20.6. The lowest BCUT2D eigenvalue weighted by Gasteiger charge is -2.17. The van der Waals surface area contributed by atoms with Crippen LogP contribution in [-0.4, -0.2) is 36.7 Å². The van der Waals surface area contributed by atoms with Crippen LogP contribution in [0.15, 0.2) is 53.5 Å². The van der Waals surface area contributed by atoms with Gasteiger partial charge >= 0.3 is 0 Å². The molecule has 0 fully saturated rings. The van der Waals surface area contributed by atoms with Gasteiger partial charge in [-0.3, -0.25) is 9.36 Å². The van der Waals surface area contributed by atoms with Gasteiger partial charge in [-0.05, 0) is 51.5 Å². The highest BCUT2D eigenvalue weighted by atomic mass is 35.5. The van der Waals surface area contributed by atoms with Crippen LogP contribution in [0, 0.1) is 13.8 Å². The second-order valence-electron chi connectivity index (χ2n) is 8.70. The summed E-state index contributed by atoms with van der Waals surface area (Å²) in [5, 5.41) is 10.2. The molecular formula is C26H26ClN5O4. The molecule has 1 N–H and O–H groups in total. The van der Waals surface area contributed by atoms with Gasteiger partial charge in [-0.15, -0.1) is 0 Å². The molecule has 0 radical (unpaired) electrons. The molecule has 3 heterocycles. The van der Waals surface area contributed by atoms with Crippen molar-refractivity contribution in [1.29, 1.82) is 0 Å². The minimum atomic E-state index is -1.19. The number of hydrogen-bond acceptors (Lipinski definition) is 8. The van der Waals surface area contributed by atoms with E-state index in [1.54, 1.807) is 51.2 Å². The first-order valence-electron chi connectivity index (χ1n) is 11.2. The quantitative estimate of drug-likeness (QED) is 0.396. The summed E-state index contributed by atoms with van der Waals surface area (Å²) in [6, 6.07) is 12.6. The number of ether oxygens (including phenoxy) is 2. The minimum Gasteiger partial charge on any atom is -0.481 e. The number of nitrogens with zero attached hydrogens (tertiary/aromatic N) is 5. The lowest BCUT2D eigenvalue weighted by molar-refractivity contribution is 0.0688. The molecule has 0 aliphatic rings. The molecule has 9 nitrogen and oxygen atoms in total. The Labute approximate surface area is 213 Å². The highest BCUT2D eigenvalue weighted by Crippen LogP contribution is 2.27. The summed E-state index contributed by atoms with van der Waals surface area (Å²) in [6.45, 7) is 6.91. The number of aliphatic hydroxyl groups is 1. The summed E-state index contributed by atoms with van der Waals surface area (Å²) < 4.78 is 12.3. The third-order valence-corrected chi connectivity index (χ3v) is 5.78. The Morgan fingerprint density at radius 3 is 2.58 bits per heavy atom. The van der Waals surface area contributed by atoms with E-state index in [4.69, 9.17) is 21.1 Å². The molecule has 0 atom stereocenters. The van der Waals surface area contributed by atoms with Gasteiger partial charge in [-0.2, -0.15) is 4.98 Å². The van der Waals surface area contributed by atoms with Crippen molar-refractivity contribution in [2.24, 2.45) is 0 Å². The Hall–Kier alpha value is -3.82. The topological polar surface area (TPSA) is 112 Å². The maximum atomic E-state index is 13.3. The normalized spacial score (nSPS) is 11.4. The first kappa shape index (κ1) is 25.3. The van der Waals surface area contributed by atoms with Gasteiger partial charge in [0.05, 0.1) is 24.2 Å². The molecular weight excluding hydrogens is 482 g/mol. The van der Waals surface area contributed by atoms with Crippen LogP contribution in [0.3, 0.4) is 0 Å². The van der Waals surface area contributed by atoms with E-state index in [-0.39, 0.29) is 17.5 Å². The van der Waals surface area contributed by atoms with Crippen LogP contribution in [0.2, 0.25) is 5.02 Å². The van der Waals surface area contributed by atoms with Crippen LogP contribution >= 0.6 is 11.6 Å². The second-order valence-corrected chi connectivity index (χ2v) is 9.08. The van der Waals surface area contributed by atoms with Crippen molar-refractivity contribution in [2.75, 3.05) is 7.11 Å². The van der Waals surface area contributed by atoms with E-state index >= 15 is 0 Å². The highest BCUT2D eigenvalue weighted by molar-refractivity contribution is 6.31. The molecule has 0 aliphatic heterocycles. The van der Waals surface area contributed by atoms with Gasteiger partial charge in [0.1, 0.15) is 18.0 Å². The van der Waals surface area contributed by atoms with Crippen LogP contribution < -0.4 is 15.0 Å². The van der Waals surface area contributed by atoms with Gasteiger partial charge in [0, 0.05) is 17.8 Å². The van der Waals surface area contributed by atoms with Crippen molar-refractivity contribution in [3.8, 4) is 28.7 Å². The van der Waals surface area contributed by atoms with Crippen LogP contribution in [0.1, 0.15) is 36.8 Å². The Balaban J connectivity index is 1.71. The van der Waals surface area contributed by atoms with Crippen molar-refractivity contribution in [2.45, 2.75) is 39.9 Å². The number of methoxy groups -OCH3 is 1. The molecule has 0 aliphatic carbocycles. The third kappa shape index (κ3) is 5.22. The zero-order valence-corrected chi connectivity index (χ0v) is 21.4. The Morgan fingerprint density at radius 2 is 1.86 bits per heavy atom. The summed E-state index contributed by atoms with van der Waals surface area (Å²) in [6.07, 6.45) is 1.59. The summed E-state index contributed by atoms with van der Waals surface area (Å²) in [5.41, 5.74) is 1.76. The van der Waals surface area contributed by atoms with Gasteiger partial charge in [0.15, 0.2) is 10.8 Å². The monoisotopic (exact) mass is 507 g/mol. The number of pyridine rings is 1. The standard InChI is InChI=1S/C26H26ClN5O4/c1-15-9-10-17(19-11-12-28-25(31-19)26(3,4)34)13-20(15)32-16(2)29-23(22(27)24(32)33)36-14-18-7-6-8-21(30-18)35-5/h6-13,34H,14H2,1-5H3. The second kappa shape index (κ2) is 10.0. The van der Waals surface area contributed by atoms with Crippen LogP contribution in [-0.2, 0) is 12.2 Å². The molecule has 186 valence electrons. The number of aromatic nitrogens is 5. The summed E-state index contributed by atoms with van der Waals surface area (Å²) in [5.74, 6) is 1.18. The van der Waals surface area contributed by atoms with Gasteiger partial charge < -0.3 is 14.6 Å². The van der Waals surface area contributed by atoms with Crippen molar-refractivity contribution in [3.05, 3.63) is 86.9 Å². The maximum absolute atomic E-state index is 13.3. The zero-order chi connectivity index (χ0) is 26.0. The van der Waals surface area contributed by atoms with Gasteiger partial charge in [-0.1, -0.05) is 29.8 Å². The molecule has 0 bridgehead atoms. The van der Waals surface area contributed by atoms with Gasteiger partial charge in [0.25, 0.3) is 5.56 Å². The average molecular weight is 508 g/mol. The Bertz CT molecular complexity index is 1480. The fourth-order valence-corrected chi connectivity index (χ4v) is 3.76. The molecule has 0 spiro atoms. The molecule has 4 rings (SSSR count). The number of halogens is 1. The van der Waals surface area contributed by atoms with Crippen LogP contribution in [0.4, 0.5) is 0 Å². The predicted octanol–water partition coefficient (Wildman–Crippen LogP) is 4.17. The van der Waals surface area contributed by atoms with E-state index in [1.807, 2.05) is 25.1 Å². The van der Waals surface area contributed by atoms with Crippen molar-refractivity contribution in [1.82, 2.24) is 24.5 Å². The first-order valence-corrected chi connectivity index (χ1v) is 11.6. The van der Waals surface area contributed by atoms with E-state index in [1.165, 1.54) is 11.7 Å². The van der Waals surface area contributed by atoms with Crippen LogP contribution in [0.5, 0.6) is 11.8 Å². The van der Waals surface area contributed by atoms with E-state index in [2.05, 4.69) is 19.9 Å². The molecule has 0 saturated heterocycles. The minimum absolute atomic E-state index is 0.0273. The summed E-state index contributed by atoms with van der Waals surface area (Å²) in [7, 11) is 1.53. The first-order chi connectivity index (χ1) is 17.1. The molecule has 0 amide bonds. The fourth-order valence-electron chi connectivity index (χ4n) is 3.58. The van der Waals surface area contributed by atoms with E-state index in [9.17, 15) is 9.90 Å². The van der Waals surface area contributed by atoms with Gasteiger partial charge in [0.2, 0.25) is 11.8 Å². The predicted molar refractivity (Wildman–Crippen MR) is 136 cm³/mol. The Morgan fingerprint density at radius 1 is 1.08 bits per heavy atom. The maximum Gasteiger partial charge on any atom is 0.280 e. The lowest BCUT2D eigenvalue weighted by atomic mass is 10.1. The van der Waals surface area contributed by atoms with E-state index in [0.717, 1.165) is 11.1 Å². The molecule has 0 saturated carbocycles. The number of benzene rings is 1. The molecule has 1 aromatic carbocycles. The SMILES string of the molecule is COc1cccc(COc2nc(C)n(-c3cc(-c4ccnc(C(C)(C)O)n4)ccc3C)c(=O)c2Cl)n1. The number of hydrogen-bond donors (Lipinski definition) is 1. The number of rotatable bonds is 7. The Kier molecular flexibility index (Phi) is 7.05. The van der Waals surface area contributed by atoms with E-state index < -0.39 is 11.2 Å². The van der Waals surface area contributed by atoms with Crippen LogP contribution in [0.25, 0.3) is 16.9 Å². The van der Waals surface area contributed by atoms with Crippen molar-refractivity contribution >= 4 is 11.6 Å². The summed E-state index contributed by atoms with van der Waals surface area (Å²) >= 11 is 6.41. The van der Waals surface area contributed by atoms with Gasteiger partial charge in [-0.25, -0.2) is 15.0 Å². The molecule has 4 aromatic rings. The molecule has 36 heavy (non-hydrogen) atoms. The van der Waals surface area contributed by atoms with Crippen molar-refractivity contribution in [3.63, 3.8) is 0 Å². The van der Waals surface area contributed by atoms with E-state index in [0.29, 0.717) is 34.6 Å². The third-order valence-electron chi connectivity index (χ3n) is 5.46. The molecule has 3 aromatic heterocycles. The highest BCUT2D eigenvalue weighted by Gasteiger charge is 2.21. The average Bonchev–Trinajstić information content (AvgIpc) is 2.86. The molecule has 0 unspecified atom stereocenters. The molecule has 10 heteroatoms. The fraction of sp³-hybridized carbons (Fsp3) is 0.269. The number of aryl methyl sites for hydroxylation is 2. The van der Waals surface area contributed by atoms with Crippen molar-refractivity contribution < 1.29 is 14.6 Å².